The predicted octanol–water partition coefficient (Wildman–Crippen LogP) is 0.484. The molecule has 1 saturated heterocycles. The Bertz CT molecular complexity index is 558. The Morgan fingerprint density at radius 2 is 2.30 bits per heavy atom. The van der Waals surface area contributed by atoms with Crippen LogP contribution in [-0.2, 0) is 16.0 Å². The topological polar surface area (TPSA) is 92.6 Å². The number of nitrogens with zero attached hydrogens (tertiary/aromatic N) is 2. The zero-order valence-electron chi connectivity index (χ0n) is 11.0. The van der Waals surface area contributed by atoms with Crippen molar-refractivity contribution < 1.29 is 14.5 Å². The molecule has 0 radical (unpaired) electrons. The van der Waals surface area contributed by atoms with Gasteiger partial charge in [-0.2, -0.15) is 0 Å². The first-order valence-corrected chi connectivity index (χ1v) is 6.29. The lowest BCUT2D eigenvalue weighted by atomic mass is 10.1. The van der Waals surface area contributed by atoms with Crippen LogP contribution >= 0.6 is 0 Å². The third-order valence-electron chi connectivity index (χ3n) is 3.30. The Labute approximate surface area is 115 Å². The lowest BCUT2D eigenvalue weighted by Gasteiger charge is -2.32. The highest BCUT2D eigenvalue weighted by Gasteiger charge is 2.29. The molecule has 7 heteroatoms. The molecule has 1 aliphatic heterocycles. The number of piperazine rings is 1. The zero-order valence-corrected chi connectivity index (χ0v) is 11.0. The number of hydrogen-bond donors (Lipinski definition) is 1. The van der Waals surface area contributed by atoms with Crippen molar-refractivity contribution in [1.29, 1.82) is 0 Å². The zero-order chi connectivity index (χ0) is 14.7. The molecule has 0 spiro atoms. The van der Waals surface area contributed by atoms with Gasteiger partial charge in [0, 0.05) is 25.2 Å². The minimum atomic E-state index is -0.505. The van der Waals surface area contributed by atoms with Crippen LogP contribution in [0, 0.1) is 10.1 Å². The van der Waals surface area contributed by atoms with Crippen LogP contribution in [0.3, 0.4) is 0 Å². The number of nitro benzene ring substituents is 1. The number of carbonyl (C=O) groups is 2. The van der Waals surface area contributed by atoms with Gasteiger partial charge in [-0.25, -0.2) is 0 Å². The first-order chi connectivity index (χ1) is 9.49. The third-order valence-corrected chi connectivity index (χ3v) is 3.30. The summed E-state index contributed by atoms with van der Waals surface area (Å²) in [7, 11) is 0. The minimum Gasteiger partial charge on any atom is -0.353 e. The fourth-order valence-corrected chi connectivity index (χ4v) is 2.18. The third kappa shape index (κ3) is 2.93. The van der Waals surface area contributed by atoms with Gasteiger partial charge in [0.2, 0.25) is 11.8 Å². The molecule has 2 rings (SSSR count). The summed E-state index contributed by atoms with van der Waals surface area (Å²) in [6, 6.07) is 5.47. The summed E-state index contributed by atoms with van der Waals surface area (Å²) in [4.78, 5) is 35.4. The van der Waals surface area contributed by atoms with Crippen molar-refractivity contribution in [2.45, 2.75) is 19.4 Å². The lowest BCUT2D eigenvalue weighted by Crippen LogP contribution is -2.56. The van der Waals surface area contributed by atoms with E-state index in [0.29, 0.717) is 18.7 Å². The highest BCUT2D eigenvalue weighted by Crippen LogP contribution is 2.15. The van der Waals surface area contributed by atoms with E-state index in [9.17, 15) is 19.7 Å². The van der Waals surface area contributed by atoms with Crippen molar-refractivity contribution in [2.75, 3.05) is 13.1 Å². The van der Waals surface area contributed by atoms with Crippen molar-refractivity contribution in [3.05, 3.63) is 39.9 Å². The second-order valence-corrected chi connectivity index (χ2v) is 4.66. The number of non-ortho nitro benzene ring substituents is 1. The SMILES string of the molecule is CC1C(=O)NCCN1C(=O)Cc1cccc([N+](=O)[O-])c1. The molecule has 106 valence electrons. The number of benzene rings is 1. The molecule has 7 nitrogen and oxygen atoms in total. The van der Waals surface area contributed by atoms with Gasteiger partial charge in [0.25, 0.3) is 5.69 Å². The van der Waals surface area contributed by atoms with Crippen LogP contribution in [-0.4, -0.2) is 40.8 Å². The van der Waals surface area contributed by atoms with Crippen LogP contribution in [0.25, 0.3) is 0 Å². The molecule has 2 amide bonds. The highest BCUT2D eigenvalue weighted by molar-refractivity contribution is 5.89. The van der Waals surface area contributed by atoms with Gasteiger partial charge in [-0.3, -0.25) is 19.7 Å². The largest absolute Gasteiger partial charge is 0.353 e. The van der Waals surface area contributed by atoms with E-state index in [1.54, 1.807) is 19.1 Å². The molecule has 1 aromatic rings. The Kier molecular flexibility index (Phi) is 3.97. The van der Waals surface area contributed by atoms with Crippen molar-refractivity contribution in [1.82, 2.24) is 10.2 Å². The molecule has 1 heterocycles. The van der Waals surface area contributed by atoms with E-state index < -0.39 is 11.0 Å². The minimum absolute atomic E-state index is 0.0419. The van der Waals surface area contributed by atoms with Crippen molar-refractivity contribution in [3.8, 4) is 0 Å². The van der Waals surface area contributed by atoms with E-state index in [0.717, 1.165) is 0 Å². The summed E-state index contributed by atoms with van der Waals surface area (Å²) in [5.41, 5.74) is 0.530. The van der Waals surface area contributed by atoms with Crippen LogP contribution in [0.1, 0.15) is 12.5 Å². The Morgan fingerprint density at radius 3 is 3.00 bits per heavy atom. The smallest absolute Gasteiger partial charge is 0.269 e. The molecule has 0 bridgehead atoms. The van der Waals surface area contributed by atoms with E-state index in [2.05, 4.69) is 5.32 Å². The molecule has 1 atom stereocenters. The summed E-state index contributed by atoms with van der Waals surface area (Å²) in [5.74, 6) is -0.378. The standard InChI is InChI=1S/C13H15N3O4/c1-9-13(18)14-5-6-15(9)12(17)8-10-3-2-4-11(7-10)16(19)20/h2-4,7,9H,5-6,8H2,1H3,(H,14,18). The monoisotopic (exact) mass is 277 g/mol. The number of nitro groups is 1. The number of nitrogens with one attached hydrogen (secondary N) is 1. The van der Waals surface area contributed by atoms with Gasteiger partial charge >= 0.3 is 0 Å². The van der Waals surface area contributed by atoms with Gasteiger partial charge in [-0.05, 0) is 12.5 Å². The Hall–Kier alpha value is -2.44. The average Bonchev–Trinajstić information content (AvgIpc) is 2.42. The molecule has 1 N–H and O–H groups in total. The van der Waals surface area contributed by atoms with Gasteiger partial charge in [0.1, 0.15) is 6.04 Å². The number of amides is 2. The fraction of sp³-hybridized carbons (Fsp3) is 0.385. The lowest BCUT2D eigenvalue weighted by molar-refractivity contribution is -0.384. The van der Waals surface area contributed by atoms with Gasteiger partial charge in [-0.1, -0.05) is 12.1 Å². The molecule has 1 aliphatic rings. The molecular formula is C13H15N3O4. The van der Waals surface area contributed by atoms with Crippen LogP contribution in [0.4, 0.5) is 5.69 Å². The molecule has 0 aliphatic carbocycles. The van der Waals surface area contributed by atoms with Gasteiger partial charge < -0.3 is 10.2 Å². The number of hydrogen-bond acceptors (Lipinski definition) is 4. The maximum Gasteiger partial charge on any atom is 0.269 e. The quantitative estimate of drug-likeness (QED) is 0.642. The average molecular weight is 277 g/mol. The van der Waals surface area contributed by atoms with Crippen LogP contribution in [0.2, 0.25) is 0 Å². The molecule has 0 aromatic heterocycles. The van der Waals surface area contributed by atoms with Crippen molar-refractivity contribution in [2.24, 2.45) is 0 Å². The first kappa shape index (κ1) is 14.0. The fourth-order valence-electron chi connectivity index (χ4n) is 2.18. The van der Waals surface area contributed by atoms with Gasteiger partial charge in [0.05, 0.1) is 11.3 Å². The summed E-state index contributed by atoms with van der Waals surface area (Å²) in [6.07, 6.45) is 0.0549. The Morgan fingerprint density at radius 1 is 1.55 bits per heavy atom. The molecule has 1 unspecified atom stereocenters. The maximum atomic E-state index is 12.2. The summed E-state index contributed by atoms with van der Waals surface area (Å²) in [6.45, 7) is 2.56. The summed E-state index contributed by atoms with van der Waals surface area (Å²) < 4.78 is 0. The molecule has 1 fully saturated rings. The normalized spacial score (nSPS) is 18.6. The van der Waals surface area contributed by atoms with Gasteiger partial charge in [0.15, 0.2) is 0 Å². The Balaban J connectivity index is 2.09. The second-order valence-electron chi connectivity index (χ2n) is 4.66. The van der Waals surface area contributed by atoms with Crippen LogP contribution in [0.5, 0.6) is 0 Å². The first-order valence-electron chi connectivity index (χ1n) is 6.29. The highest BCUT2D eigenvalue weighted by atomic mass is 16.6. The maximum absolute atomic E-state index is 12.2. The van der Waals surface area contributed by atoms with E-state index in [-0.39, 0.29) is 23.9 Å². The second kappa shape index (κ2) is 5.68. The molecule has 0 saturated carbocycles. The van der Waals surface area contributed by atoms with Gasteiger partial charge in [-0.15, -0.1) is 0 Å². The summed E-state index contributed by atoms with van der Waals surface area (Å²) in [5, 5.41) is 13.4. The van der Waals surface area contributed by atoms with Crippen LogP contribution < -0.4 is 5.32 Å². The summed E-state index contributed by atoms with van der Waals surface area (Å²) >= 11 is 0. The van der Waals surface area contributed by atoms with Crippen molar-refractivity contribution >= 4 is 17.5 Å². The van der Waals surface area contributed by atoms with Crippen molar-refractivity contribution in [3.63, 3.8) is 0 Å². The molecule has 1 aromatic carbocycles. The molecular weight excluding hydrogens is 262 g/mol. The van der Waals surface area contributed by atoms with E-state index in [4.69, 9.17) is 0 Å². The van der Waals surface area contributed by atoms with Crippen LogP contribution in [0.15, 0.2) is 24.3 Å². The number of rotatable bonds is 3. The van der Waals surface area contributed by atoms with E-state index in [1.165, 1.54) is 17.0 Å². The number of carbonyl (C=O) groups excluding carboxylic acids is 2. The molecule has 20 heavy (non-hydrogen) atoms. The van der Waals surface area contributed by atoms with E-state index in [1.807, 2.05) is 0 Å². The predicted molar refractivity (Wildman–Crippen MR) is 71.0 cm³/mol. The van der Waals surface area contributed by atoms with E-state index >= 15 is 0 Å².